The number of hydrogen-bond acceptors (Lipinski definition) is 3. The first kappa shape index (κ1) is 13.8. The number of aromatic nitrogens is 1. The van der Waals surface area contributed by atoms with Crippen molar-refractivity contribution in [2.75, 3.05) is 0 Å². The quantitative estimate of drug-likeness (QED) is 0.924. The molecule has 1 aromatic carbocycles. The predicted molar refractivity (Wildman–Crippen MR) is 85.4 cm³/mol. The molecule has 0 radical (unpaired) electrons. The van der Waals surface area contributed by atoms with Gasteiger partial charge < -0.3 is 5.32 Å². The summed E-state index contributed by atoms with van der Waals surface area (Å²) in [4.78, 5) is 6.23. The first-order valence-electron chi connectivity index (χ1n) is 7.40. The molecule has 20 heavy (non-hydrogen) atoms. The third kappa shape index (κ3) is 2.79. The lowest BCUT2D eigenvalue weighted by Gasteiger charge is -2.06. The molecule has 1 aliphatic carbocycles. The average Bonchev–Trinajstić information content (AvgIpc) is 2.99. The van der Waals surface area contributed by atoms with E-state index in [1.807, 2.05) is 11.3 Å². The summed E-state index contributed by atoms with van der Waals surface area (Å²) in [5.41, 5.74) is 4.22. The van der Waals surface area contributed by atoms with Crippen molar-refractivity contribution in [2.24, 2.45) is 0 Å². The molecule has 2 nitrogen and oxygen atoms in total. The number of benzene rings is 1. The van der Waals surface area contributed by atoms with Gasteiger partial charge in [-0.3, -0.25) is 0 Å². The van der Waals surface area contributed by atoms with Crippen LogP contribution in [0, 0.1) is 6.92 Å². The molecule has 0 fully saturated rings. The van der Waals surface area contributed by atoms with Crippen LogP contribution in [0.1, 0.15) is 46.5 Å². The van der Waals surface area contributed by atoms with Crippen LogP contribution in [-0.2, 0) is 19.4 Å². The van der Waals surface area contributed by atoms with Crippen molar-refractivity contribution in [2.45, 2.75) is 52.1 Å². The van der Waals surface area contributed by atoms with E-state index < -0.39 is 0 Å². The van der Waals surface area contributed by atoms with Gasteiger partial charge in [0.05, 0.1) is 10.7 Å². The van der Waals surface area contributed by atoms with Gasteiger partial charge in [-0.2, -0.15) is 0 Å². The van der Waals surface area contributed by atoms with Gasteiger partial charge in [0, 0.05) is 23.4 Å². The largest absolute Gasteiger partial charge is 0.310 e. The first-order chi connectivity index (χ1) is 9.63. The second kappa shape index (κ2) is 5.66. The number of nitrogens with zero attached hydrogens (tertiary/aromatic N) is 1. The minimum Gasteiger partial charge on any atom is -0.310 e. The molecule has 0 amide bonds. The molecule has 0 bridgehead atoms. The SMILES string of the molecule is Cc1nc(C2Cc3ccccc3C2)sc1CNC(C)C. The maximum absolute atomic E-state index is 4.83. The van der Waals surface area contributed by atoms with Crippen molar-refractivity contribution in [1.82, 2.24) is 10.3 Å². The molecule has 0 aliphatic heterocycles. The Morgan fingerprint density at radius 2 is 1.90 bits per heavy atom. The van der Waals surface area contributed by atoms with Crippen LogP contribution in [0.4, 0.5) is 0 Å². The third-order valence-electron chi connectivity index (χ3n) is 3.98. The van der Waals surface area contributed by atoms with Crippen LogP contribution < -0.4 is 5.32 Å². The maximum Gasteiger partial charge on any atom is 0.0969 e. The molecule has 0 spiro atoms. The van der Waals surface area contributed by atoms with Crippen molar-refractivity contribution in [1.29, 1.82) is 0 Å². The van der Waals surface area contributed by atoms with E-state index in [4.69, 9.17) is 4.98 Å². The second-order valence-electron chi connectivity index (χ2n) is 5.97. The summed E-state index contributed by atoms with van der Waals surface area (Å²) in [6.45, 7) is 7.45. The fourth-order valence-corrected chi connectivity index (χ4v) is 3.94. The molecule has 0 saturated heterocycles. The van der Waals surface area contributed by atoms with Gasteiger partial charge in [-0.05, 0) is 30.9 Å². The van der Waals surface area contributed by atoms with Gasteiger partial charge in [0.25, 0.3) is 0 Å². The average molecular weight is 286 g/mol. The highest BCUT2D eigenvalue weighted by Crippen LogP contribution is 2.36. The van der Waals surface area contributed by atoms with Crippen LogP contribution in [0.3, 0.4) is 0 Å². The van der Waals surface area contributed by atoms with Crippen molar-refractivity contribution in [3.63, 3.8) is 0 Å². The predicted octanol–water partition coefficient (Wildman–Crippen LogP) is 3.83. The number of rotatable bonds is 4. The van der Waals surface area contributed by atoms with Crippen molar-refractivity contribution >= 4 is 11.3 Å². The Labute approximate surface area is 125 Å². The normalized spacial score (nSPS) is 15.0. The summed E-state index contributed by atoms with van der Waals surface area (Å²) < 4.78 is 0. The molecule has 106 valence electrons. The Balaban J connectivity index is 1.75. The standard InChI is InChI=1S/C17H22N2S/c1-11(2)18-10-16-12(3)19-17(20-16)15-8-13-6-4-5-7-14(13)9-15/h4-7,11,15,18H,8-10H2,1-3H3. The van der Waals surface area contributed by atoms with Crippen LogP contribution in [-0.4, -0.2) is 11.0 Å². The van der Waals surface area contributed by atoms with Crippen LogP contribution in [0.25, 0.3) is 0 Å². The monoisotopic (exact) mass is 286 g/mol. The molecule has 2 aromatic rings. The van der Waals surface area contributed by atoms with Crippen molar-refractivity contribution < 1.29 is 0 Å². The Kier molecular flexibility index (Phi) is 3.90. The summed E-state index contributed by atoms with van der Waals surface area (Å²) in [5.74, 6) is 0.587. The molecule has 1 N–H and O–H groups in total. The zero-order valence-corrected chi connectivity index (χ0v) is 13.3. The smallest absolute Gasteiger partial charge is 0.0969 e. The van der Waals surface area contributed by atoms with Crippen LogP contribution >= 0.6 is 11.3 Å². The van der Waals surface area contributed by atoms with E-state index in [0.29, 0.717) is 12.0 Å². The van der Waals surface area contributed by atoms with E-state index in [1.54, 1.807) is 0 Å². The lowest BCUT2D eigenvalue weighted by molar-refractivity contribution is 0.591. The maximum atomic E-state index is 4.83. The number of hydrogen-bond donors (Lipinski definition) is 1. The van der Waals surface area contributed by atoms with Gasteiger partial charge >= 0.3 is 0 Å². The molecule has 1 aromatic heterocycles. The van der Waals surface area contributed by atoms with Crippen molar-refractivity contribution in [3.8, 4) is 0 Å². The molecule has 1 aliphatic rings. The van der Waals surface area contributed by atoms with E-state index in [2.05, 4.69) is 50.4 Å². The number of aryl methyl sites for hydroxylation is 1. The molecule has 0 unspecified atom stereocenters. The second-order valence-corrected chi connectivity index (χ2v) is 7.09. The van der Waals surface area contributed by atoms with E-state index in [-0.39, 0.29) is 0 Å². The number of nitrogens with one attached hydrogen (secondary N) is 1. The summed E-state index contributed by atoms with van der Waals surface area (Å²) in [5, 5.41) is 4.81. The Hall–Kier alpha value is -1.19. The fourth-order valence-electron chi connectivity index (χ4n) is 2.82. The third-order valence-corrected chi connectivity index (χ3v) is 5.30. The van der Waals surface area contributed by atoms with E-state index >= 15 is 0 Å². The lowest BCUT2D eigenvalue weighted by Crippen LogP contribution is -2.21. The zero-order chi connectivity index (χ0) is 14.1. The van der Waals surface area contributed by atoms with E-state index in [0.717, 1.165) is 19.4 Å². The molecule has 1 heterocycles. The molecule has 0 saturated carbocycles. The Morgan fingerprint density at radius 1 is 1.25 bits per heavy atom. The van der Waals surface area contributed by atoms with E-state index in [9.17, 15) is 0 Å². The number of fused-ring (bicyclic) bond motifs is 1. The van der Waals surface area contributed by atoms with Gasteiger partial charge in [-0.1, -0.05) is 38.1 Å². The minimum absolute atomic E-state index is 0.524. The molecular weight excluding hydrogens is 264 g/mol. The van der Waals surface area contributed by atoms with Gasteiger partial charge in [-0.25, -0.2) is 4.98 Å². The van der Waals surface area contributed by atoms with Crippen LogP contribution in [0.15, 0.2) is 24.3 Å². The van der Waals surface area contributed by atoms with Gasteiger partial charge in [0.2, 0.25) is 0 Å². The lowest BCUT2D eigenvalue weighted by atomic mass is 10.1. The first-order valence-corrected chi connectivity index (χ1v) is 8.21. The van der Waals surface area contributed by atoms with Crippen LogP contribution in [0.5, 0.6) is 0 Å². The summed E-state index contributed by atoms with van der Waals surface area (Å²) in [6, 6.07) is 9.34. The summed E-state index contributed by atoms with van der Waals surface area (Å²) in [6.07, 6.45) is 2.31. The van der Waals surface area contributed by atoms with Gasteiger partial charge in [0.15, 0.2) is 0 Å². The topological polar surface area (TPSA) is 24.9 Å². The Bertz CT molecular complexity index is 576. The van der Waals surface area contributed by atoms with E-state index in [1.165, 1.54) is 26.7 Å². The van der Waals surface area contributed by atoms with Gasteiger partial charge in [0.1, 0.15) is 0 Å². The summed E-state index contributed by atoms with van der Waals surface area (Å²) >= 11 is 1.90. The zero-order valence-electron chi connectivity index (χ0n) is 12.4. The highest BCUT2D eigenvalue weighted by Gasteiger charge is 2.25. The highest BCUT2D eigenvalue weighted by atomic mass is 32.1. The Morgan fingerprint density at radius 3 is 2.50 bits per heavy atom. The minimum atomic E-state index is 0.524. The molecular formula is C17H22N2S. The molecule has 3 heteroatoms. The number of thiazole rings is 1. The summed E-state index contributed by atoms with van der Waals surface area (Å²) in [7, 11) is 0. The van der Waals surface area contributed by atoms with Crippen molar-refractivity contribution in [3.05, 3.63) is 51.0 Å². The highest BCUT2D eigenvalue weighted by molar-refractivity contribution is 7.11. The van der Waals surface area contributed by atoms with Crippen LogP contribution in [0.2, 0.25) is 0 Å². The fraction of sp³-hybridized carbons (Fsp3) is 0.471. The molecule has 0 atom stereocenters. The van der Waals surface area contributed by atoms with Gasteiger partial charge in [-0.15, -0.1) is 11.3 Å². The molecule has 3 rings (SSSR count).